The topological polar surface area (TPSA) is 46.5 Å². The summed E-state index contributed by atoms with van der Waals surface area (Å²) >= 11 is 0. The smallest absolute Gasteiger partial charge is 0.358 e. The lowest BCUT2D eigenvalue weighted by Crippen LogP contribution is -2.54. The largest absolute Gasteiger partial charge is 0.443 e. The monoisotopic (exact) mass is 268 g/mol. The highest BCUT2D eigenvalue weighted by atomic mass is 19.4. The van der Waals surface area contributed by atoms with Crippen LogP contribution in [0.4, 0.5) is 13.2 Å². The molecule has 3 nitrogen and oxygen atoms in total. The zero-order valence-electron chi connectivity index (χ0n) is 10.4. The Labute approximate surface area is 104 Å². The van der Waals surface area contributed by atoms with Crippen molar-refractivity contribution in [1.29, 1.82) is 0 Å². The van der Waals surface area contributed by atoms with Crippen LogP contribution in [-0.4, -0.2) is 29.0 Å². The van der Waals surface area contributed by atoms with Crippen LogP contribution in [0, 0.1) is 0 Å². The summed E-state index contributed by atoms with van der Waals surface area (Å²) in [6.45, 7) is 2.03. The minimum absolute atomic E-state index is 0.0372. The van der Waals surface area contributed by atoms with Gasteiger partial charge in [0.1, 0.15) is 5.78 Å². The Morgan fingerprint density at radius 2 is 2.06 bits per heavy atom. The van der Waals surface area contributed by atoms with Gasteiger partial charge in [0, 0.05) is 6.42 Å². The van der Waals surface area contributed by atoms with E-state index in [1.165, 1.54) is 0 Å². The molecule has 1 heterocycles. The molecule has 0 bridgehead atoms. The molecule has 0 spiro atoms. The third-order valence-corrected chi connectivity index (χ3v) is 3.08. The zero-order valence-corrected chi connectivity index (χ0v) is 10.4. The minimum atomic E-state index is -4.93. The van der Waals surface area contributed by atoms with Gasteiger partial charge in [-0.2, -0.15) is 13.2 Å². The van der Waals surface area contributed by atoms with Crippen LogP contribution in [0.5, 0.6) is 0 Å². The SMILES string of the molecule is CCCCCCC1CC(=O)CC(O)(C(F)(F)F)O1. The predicted octanol–water partition coefficient (Wildman–Crippen LogP) is 2.96. The van der Waals surface area contributed by atoms with E-state index in [-0.39, 0.29) is 6.42 Å². The van der Waals surface area contributed by atoms with Crippen LogP contribution in [0.1, 0.15) is 51.9 Å². The number of ketones is 1. The molecule has 0 saturated carbocycles. The van der Waals surface area contributed by atoms with E-state index in [1.807, 2.05) is 6.92 Å². The van der Waals surface area contributed by atoms with Crippen molar-refractivity contribution in [2.24, 2.45) is 0 Å². The standard InChI is InChI=1S/C12H19F3O3/c1-2-3-4-5-6-10-7-9(16)8-11(17,18-10)12(13,14)15/h10,17H,2-8H2,1H3. The lowest BCUT2D eigenvalue weighted by atomic mass is 9.96. The van der Waals surface area contributed by atoms with Crippen LogP contribution in [0.15, 0.2) is 0 Å². The van der Waals surface area contributed by atoms with Crippen LogP contribution >= 0.6 is 0 Å². The molecule has 0 radical (unpaired) electrons. The molecule has 1 fully saturated rings. The van der Waals surface area contributed by atoms with E-state index in [9.17, 15) is 23.1 Å². The second-order valence-corrected chi connectivity index (χ2v) is 4.79. The Hall–Kier alpha value is -0.620. The van der Waals surface area contributed by atoms with Crippen molar-refractivity contribution in [3.8, 4) is 0 Å². The molecule has 1 aliphatic heterocycles. The molecule has 1 rings (SSSR count). The maximum absolute atomic E-state index is 12.6. The highest BCUT2D eigenvalue weighted by molar-refractivity contribution is 5.80. The number of hydrogen-bond acceptors (Lipinski definition) is 3. The molecule has 2 atom stereocenters. The second kappa shape index (κ2) is 6.02. The first-order valence-corrected chi connectivity index (χ1v) is 6.27. The van der Waals surface area contributed by atoms with Gasteiger partial charge in [0.05, 0.1) is 12.5 Å². The molecule has 0 aromatic heterocycles. The average molecular weight is 268 g/mol. The number of carbonyl (C=O) groups excluding carboxylic acids is 1. The van der Waals surface area contributed by atoms with Crippen LogP contribution in [-0.2, 0) is 9.53 Å². The lowest BCUT2D eigenvalue weighted by molar-refractivity contribution is -0.381. The van der Waals surface area contributed by atoms with Crippen molar-refractivity contribution < 1.29 is 27.8 Å². The van der Waals surface area contributed by atoms with Crippen molar-refractivity contribution in [2.45, 2.75) is 69.9 Å². The summed E-state index contributed by atoms with van der Waals surface area (Å²) in [6, 6.07) is 0. The number of aliphatic hydroxyl groups is 1. The fraction of sp³-hybridized carbons (Fsp3) is 0.917. The van der Waals surface area contributed by atoms with Crippen molar-refractivity contribution in [2.75, 3.05) is 0 Å². The van der Waals surface area contributed by atoms with E-state index in [0.29, 0.717) is 12.8 Å². The van der Waals surface area contributed by atoms with Crippen molar-refractivity contribution >= 4 is 5.78 Å². The number of alkyl halides is 3. The van der Waals surface area contributed by atoms with E-state index in [4.69, 9.17) is 4.74 Å². The second-order valence-electron chi connectivity index (χ2n) is 4.79. The number of hydrogen-bond donors (Lipinski definition) is 1. The first kappa shape index (κ1) is 15.4. The molecule has 6 heteroatoms. The molecule has 1 N–H and O–H groups in total. The Morgan fingerprint density at radius 1 is 1.39 bits per heavy atom. The van der Waals surface area contributed by atoms with Gasteiger partial charge in [-0.15, -0.1) is 0 Å². The molecule has 2 unspecified atom stereocenters. The first-order chi connectivity index (χ1) is 8.28. The minimum Gasteiger partial charge on any atom is -0.358 e. The number of carbonyl (C=O) groups is 1. The normalized spacial score (nSPS) is 29.6. The molecule has 1 saturated heterocycles. The van der Waals surface area contributed by atoms with Gasteiger partial charge < -0.3 is 9.84 Å². The van der Waals surface area contributed by atoms with Crippen molar-refractivity contribution in [3.63, 3.8) is 0 Å². The highest BCUT2D eigenvalue weighted by Crippen LogP contribution is 2.39. The summed E-state index contributed by atoms with van der Waals surface area (Å²) in [7, 11) is 0. The molecular weight excluding hydrogens is 249 g/mol. The lowest BCUT2D eigenvalue weighted by Gasteiger charge is -2.37. The van der Waals surface area contributed by atoms with Gasteiger partial charge in [-0.05, 0) is 6.42 Å². The van der Waals surface area contributed by atoms with Crippen molar-refractivity contribution in [1.82, 2.24) is 0 Å². The predicted molar refractivity (Wildman–Crippen MR) is 58.9 cm³/mol. The molecule has 18 heavy (non-hydrogen) atoms. The highest BCUT2D eigenvalue weighted by Gasteiger charge is 2.59. The Morgan fingerprint density at radius 3 is 2.61 bits per heavy atom. The molecular formula is C12H19F3O3. The third kappa shape index (κ3) is 3.95. The first-order valence-electron chi connectivity index (χ1n) is 6.27. The van der Waals surface area contributed by atoms with Crippen molar-refractivity contribution in [3.05, 3.63) is 0 Å². The summed E-state index contributed by atoms with van der Waals surface area (Å²) in [6.07, 6.45) is -2.77. The third-order valence-electron chi connectivity index (χ3n) is 3.08. The number of ether oxygens (including phenoxy) is 1. The number of unbranched alkanes of at least 4 members (excludes halogenated alkanes) is 3. The fourth-order valence-corrected chi connectivity index (χ4v) is 2.08. The molecule has 0 amide bonds. The molecule has 0 aliphatic carbocycles. The Balaban J connectivity index is 2.53. The molecule has 1 aliphatic rings. The molecule has 0 aromatic carbocycles. The van der Waals surface area contributed by atoms with Gasteiger partial charge >= 0.3 is 6.18 Å². The quantitative estimate of drug-likeness (QED) is 0.780. The number of rotatable bonds is 5. The van der Waals surface area contributed by atoms with Crippen LogP contribution in [0.2, 0.25) is 0 Å². The number of halogens is 3. The summed E-state index contributed by atoms with van der Waals surface area (Å²) < 4.78 is 42.5. The van der Waals surface area contributed by atoms with Crippen LogP contribution in [0.25, 0.3) is 0 Å². The van der Waals surface area contributed by atoms with Gasteiger partial charge in [0.15, 0.2) is 0 Å². The van der Waals surface area contributed by atoms with Gasteiger partial charge in [0.2, 0.25) is 0 Å². The zero-order chi connectivity index (χ0) is 13.8. The van der Waals surface area contributed by atoms with E-state index in [2.05, 4.69) is 0 Å². The Kier molecular flexibility index (Phi) is 5.16. The maximum Gasteiger partial charge on any atom is 0.443 e. The van der Waals surface area contributed by atoms with Gasteiger partial charge in [0.25, 0.3) is 5.79 Å². The van der Waals surface area contributed by atoms with Gasteiger partial charge in [-0.3, -0.25) is 4.79 Å². The summed E-state index contributed by atoms with van der Waals surface area (Å²) in [5.74, 6) is -3.89. The molecule has 106 valence electrons. The Bertz CT molecular complexity index is 291. The number of Topliss-reactive ketones (excluding diaryl/α,β-unsaturated/α-hetero) is 1. The fourth-order valence-electron chi connectivity index (χ4n) is 2.08. The van der Waals surface area contributed by atoms with Crippen LogP contribution < -0.4 is 0 Å². The summed E-state index contributed by atoms with van der Waals surface area (Å²) in [5, 5.41) is 9.38. The van der Waals surface area contributed by atoms with E-state index in [1.54, 1.807) is 0 Å². The summed E-state index contributed by atoms with van der Waals surface area (Å²) in [4.78, 5) is 11.3. The summed E-state index contributed by atoms with van der Waals surface area (Å²) in [5.41, 5.74) is 0. The van der Waals surface area contributed by atoms with Gasteiger partial charge in [-0.1, -0.05) is 32.6 Å². The van der Waals surface area contributed by atoms with Crippen LogP contribution in [0.3, 0.4) is 0 Å². The molecule has 0 aromatic rings. The van der Waals surface area contributed by atoms with E-state index in [0.717, 1.165) is 19.3 Å². The maximum atomic E-state index is 12.6. The van der Waals surface area contributed by atoms with E-state index >= 15 is 0 Å². The van der Waals surface area contributed by atoms with Gasteiger partial charge in [-0.25, -0.2) is 0 Å². The van der Waals surface area contributed by atoms with E-state index < -0.39 is 30.3 Å². The average Bonchev–Trinajstić information content (AvgIpc) is 2.22.